The van der Waals surface area contributed by atoms with Crippen LogP contribution in [-0.2, 0) is 6.61 Å². The van der Waals surface area contributed by atoms with Crippen molar-refractivity contribution in [2.75, 3.05) is 19.0 Å². The van der Waals surface area contributed by atoms with Crippen LogP contribution in [-0.4, -0.2) is 36.4 Å². The second-order valence-electron chi connectivity index (χ2n) is 8.12. The van der Waals surface area contributed by atoms with Crippen LogP contribution in [0.1, 0.15) is 27.2 Å². The van der Waals surface area contributed by atoms with Crippen LogP contribution in [0.3, 0.4) is 0 Å². The first-order valence-corrected chi connectivity index (χ1v) is 10.9. The molecule has 7 heteroatoms. The zero-order valence-electron chi connectivity index (χ0n) is 19.4. The zero-order valence-corrected chi connectivity index (χ0v) is 19.4. The third-order valence-electron chi connectivity index (χ3n) is 5.29. The summed E-state index contributed by atoms with van der Waals surface area (Å²) in [7, 11) is 3.97. The van der Waals surface area contributed by atoms with E-state index < -0.39 is 0 Å². The Morgan fingerprint density at radius 3 is 2.53 bits per heavy atom. The maximum absolute atomic E-state index is 12.5. The minimum atomic E-state index is -0.377. The molecule has 0 aliphatic carbocycles. The number of hydrogen-bond donors (Lipinski definition) is 2. The first kappa shape index (κ1) is 22.8. The van der Waals surface area contributed by atoms with Gasteiger partial charge in [-0.3, -0.25) is 9.89 Å². The Morgan fingerprint density at radius 1 is 1.06 bits per heavy atom. The van der Waals surface area contributed by atoms with Crippen molar-refractivity contribution in [1.82, 2.24) is 15.6 Å². The van der Waals surface area contributed by atoms with Crippen LogP contribution in [0.4, 0.5) is 5.69 Å². The average molecular weight is 454 g/mol. The predicted molar refractivity (Wildman–Crippen MR) is 135 cm³/mol. The number of H-pyrrole nitrogens is 1. The predicted octanol–water partition coefficient (Wildman–Crippen LogP) is 4.79. The summed E-state index contributed by atoms with van der Waals surface area (Å²) in [6, 6.07) is 25.4. The maximum Gasteiger partial charge on any atom is 0.289 e. The molecule has 0 aliphatic rings. The normalized spacial score (nSPS) is 10.9. The minimum absolute atomic E-state index is 0.309. The zero-order chi connectivity index (χ0) is 23.9. The van der Waals surface area contributed by atoms with E-state index in [9.17, 15) is 4.79 Å². The number of nitrogens with one attached hydrogen (secondary N) is 2. The molecule has 0 radical (unpaired) electrons. The molecule has 172 valence electrons. The van der Waals surface area contributed by atoms with Gasteiger partial charge < -0.3 is 9.64 Å². The molecule has 3 aromatic carbocycles. The van der Waals surface area contributed by atoms with E-state index in [0.717, 1.165) is 22.4 Å². The van der Waals surface area contributed by atoms with Gasteiger partial charge in [0.05, 0.1) is 11.9 Å². The number of benzene rings is 3. The van der Waals surface area contributed by atoms with Crippen molar-refractivity contribution < 1.29 is 9.53 Å². The molecule has 1 amide bonds. The van der Waals surface area contributed by atoms with E-state index in [1.807, 2.05) is 79.7 Å². The lowest BCUT2D eigenvalue weighted by Gasteiger charge is -2.11. The average Bonchev–Trinajstić information content (AvgIpc) is 3.34. The van der Waals surface area contributed by atoms with Gasteiger partial charge in [-0.1, -0.05) is 54.1 Å². The van der Waals surface area contributed by atoms with Crippen LogP contribution in [0.15, 0.2) is 84.0 Å². The first-order valence-electron chi connectivity index (χ1n) is 10.9. The van der Waals surface area contributed by atoms with Crippen LogP contribution in [0, 0.1) is 6.92 Å². The molecule has 2 N–H and O–H groups in total. The number of para-hydroxylation sites is 1. The third kappa shape index (κ3) is 5.69. The summed E-state index contributed by atoms with van der Waals surface area (Å²) in [5.41, 5.74) is 8.52. The van der Waals surface area contributed by atoms with Crippen molar-refractivity contribution in [3.8, 4) is 17.0 Å². The van der Waals surface area contributed by atoms with Crippen molar-refractivity contribution in [3.63, 3.8) is 0 Å². The molecule has 0 spiro atoms. The largest absolute Gasteiger partial charge is 0.488 e. The fourth-order valence-electron chi connectivity index (χ4n) is 3.31. The van der Waals surface area contributed by atoms with Crippen molar-refractivity contribution in [1.29, 1.82) is 0 Å². The molecule has 0 fully saturated rings. The smallest absolute Gasteiger partial charge is 0.289 e. The number of hydrazone groups is 1. The molecule has 7 nitrogen and oxygen atoms in total. The Kier molecular flexibility index (Phi) is 7.03. The number of aromatic nitrogens is 2. The number of carbonyl (C=O) groups excluding carboxylic acids is 1. The Bertz CT molecular complexity index is 1280. The Hall–Kier alpha value is -4.39. The maximum atomic E-state index is 12.5. The minimum Gasteiger partial charge on any atom is -0.488 e. The van der Waals surface area contributed by atoms with Crippen molar-refractivity contribution in [3.05, 3.63) is 101 Å². The molecule has 4 aromatic rings. The summed E-state index contributed by atoms with van der Waals surface area (Å²) < 4.78 is 6.04. The van der Waals surface area contributed by atoms with Crippen LogP contribution < -0.4 is 15.1 Å². The molecule has 4 rings (SSSR count). The molecule has 1 aromatic heterocycles. The summed E-state index contributed by atoms with van der Waals surface area (Å²) in [6.45, 7) is 2.50. The number of amides is 1. The van der Waals surface area contributed by atoms with E-state index in [1.165, 1.54) is 5.56 Å². The molecule has 0 saturated carbocycles. The van der Waals surface area contributed by atoms with Gasteiger partial charge in [-0.05, 0) is 48.4 Å². The highest BCUT2D eigenvalue weighted by Gasteiger charge is 2.14. The van der Waals surface area contributed by atoms with E-state index in [1.54, 1.807) is 12.3 Å². The van der Waals surface area contributed by atoms with Gasteiger partial charge in [0.1, 0.15) is 18.1 Å². The molecule has 0 bridgehead atoms. The van der Waals surface area contributed by atoms with Crippen LogP contribution in [0.25, 0.3) is 11.3 Å². The number of hydrogen-bond acceptors (Lipinski definition) is 5. The Labute approximate surface area is 199 Å². The quantitative estimate of drug-likeness (QED) is 0.297. The number of carbonyl (C=O) groups is 1. The number of aryl methyl sites for hydroxylation is 1. The molecule has 0 unspecified atom stereocenters. The lowest BCUT2D eigenvalue weighted by atomic mass is 10.1. The van der Waals surface area contributed by atoms with Gasteiger partial charge in [-0.25, -0.2) is 5.43 Å². The number of nitrogens with zero attached hydrogens (tertiary/aromatic N) is 3. The van der Waals surface area contributed by atoms with E-state index >= 15 is 0 Å². The van der Waals surface area contributed by atoms with E-state index in [2.05, 4.69) is 39.8 Å². The monoisotopic (exact) mass is 453 g/mol. The highest BCUT2D eigenvalue weighted by Crippen LogP contribution is 2.29. The number of ether oxygens (including phenoxy) is 1. The van der Waals surface area contributed by atoms with Gasteiger partial charge in [0.2, 0.25) is 0 Å². The first-order chi connectivity index (χ1) is 16.5. The summed E-state index contributed by atoms with van der Waals surface area (Å²) in [5.74, 6) is 0.318. The fraction of sp³-hybridized carbons (Fsp3) is 0.148. The topological polar surface area (TPSA) is 82.6 Å². The van der Waals surface area contributed by atoms with Crippen LogP contribution in [0.5, 0.6) is 5.75 Å². The van der Waals surface area contributed by atoms with Gasteiger partial charge >= 0.3 is 0 Å². The standard InChI is InChI=1S/C27H27N5O2/c1-19-8-10-21(11-9-19)18-34-26-7-5-4-6-23(26)24-16-25(30-29-24)27(33)31-28-17-20-12-14-22(15-13-20)32(2)3/h4-17H,18H2,1-3H3,(H,29,30)(H,31,33). The number of aromatic amines is 1. The number of anilines is 1. The molecular weight excluding hydrogens is 426 g/mol. The van der Waals surface area contributed by atoms with Gasteiger partial charge in [0.15, 0.2) is 0 Å². The summed E-state index contributed by atoms with van der Waals surface area (Å²) in [6.07, 6.45) is 1.60. The molecule has 34 heavy (non-hydrogen) atoms. The molecule has 1 heterocycles. The highest BCUT2D eigenvalue weighted by molar-refractivity contribution is 5.94. The molecule has 0 saturated heterocycles. The number of rotatable bonds is 8. The summed E-state index contributed by atoms with van der Waals surface area (Å²) >= 11 is 0. The lowest BCUT2D eigenvalue weighted by molar-refractivity contribution is 0.0950. The van der Waals surface area contributed by atoms with Crippen molar-refractivity contribution in [2.45, 2.75) is 13.5 Å². The van der Waals surface area contributed by atoms with Crippen molar-refractivity contribution in [2.24, 2.45) is 5.10 Å². The molecule has 0 atom stereocenters. The third-order valence-corrected chi connectivity index (χ3v) is 5.29. The van der Waals surface area contributed by atoms with Crippen LogP contribution in [0.2, 0.25) is 0 Å². The highest BCUT2D eigenvalue weighted by atomic mass is 16.5. The van der Waals surface area contributed by atoms with E-state index in [-0.39, 0.29) is 5.91 Å². The second kappa shape index (κ2) is 10.5. The summed E-state index contributed by atoms with van der Waals surface area (Å²) in [5, 5.41) is 11.1. The Balaban J connectivity index is 1.40. The van der Waals surface area contributed by atoms with Crippen LogP contribution >= 0.6 is 0 Å². The molecule has 0 aliphatic heterocycles. The van der Waals surface area contributed by atoms with Gasteiger partial charge in [0.25, 0.3) is 5.91 Å². The van der Waals surface area contributed by atoms with Gasteiger partial charge in [-0.2, -0.15) is 10.2 Å². The molecular formula is C27H27N5O2. The SMILES string of the molecule is Cc1ccc(COc2ccccc2-c2cc(C(=O)NN=Cc3ccc(N(C)C)cc3)[nH]n2)cc1. The lowest BCUT2D eigenvalue weighted by Crippen LogP contribution is -2.18. The van der Waals surface area contributed by atoms with E-state index in [0.29, 0.717) is 23.7 Å². The fourth-order valence-corrected chi connectivity index (χ4v) is 3.31. The van der Waals surface area contributed by atoms with Gasteiger partial charge in [0, 0.05) is 25.3 Å². The van der Waals surface area contributed by atoms with Crippen molar-refractivity contribution >= 4 is 17.8 Å². The summed E-state index contributed by atoms with van der Waals surface area (Å²) in [4.78, 5) is 14.5. The Morgan fingerprint density at radius 2 is 1.79 bits per heavy atom. The second-order valence-corrected chi connectivity index (χ2v) is 8.12. The van der Waals surface area contributed by atoms with Gasteiger partial charge in [-0.15, -0.1) is 0 Å². The van der Waals surface area contributed by atoms with E-state index in [4.69, 9.17) is 4.74 Å².